The molecule has 5 heteroatoms. The Morgan fingerprint density at radius 3 is 2.68 bits per heavy atom. The Kier molecular flexibility index (Phi) is 5.06. The predicted molar refractivity (Wildman–Crippen MR) is 108 cm³/mol. The lowest BCUT2D eigenvalue weighted by molar-refractivity contribution is -0.122. The molecule has 0 unspecified atom stereocenters. The maximum atomic E-state index is 12.6. The Labute approximate surface area is 164 Å². The van der Waals surface area contributed by atoms with Crippen LogP contribution in [0.15, 0.2) is 60.7 Å². The fourth-order valence-corrected chi connectivity index (χ4v) is 3.32. The summed E-state index contributed by atoms with van der Waals surface area (Å²) < 4.78 is 16.9. The summed E-state index contributed by atoms with van der Waals surface area (Å²) in [5.74, 6) is 1.98. The molecule has 144 valence electrons. The summed E-state index contributed by atoms with van der Waals surface area (Å²) in [7, 11) is 1.65. The molecular formula is C23H23NO4. The summed E-state index contributed by atoms with van der Waals surface area (Å²) in [5, 5.41) is 5.15. The van der Waals surface area contributed by atoms with Crippen LogP contribution < -0.4 is 19.5 Å². The van der Waals surface area contributed by atoms with Crippen molar-refractivity contribution in [3.8, 4) is 17.2 Å². The first kappa shape index (κ1) is 18.2. The highest BCUT2D eigenvalue weighted by Crippen LogP contribution is 2.31. The number of methoxy groups -OCH3 is 1. The average molecular weight is 377 g/mol. The van der Waals surface area contributed by atoms with E-state index in [0.717, 1.165) is 27.8 Å². The zero-order chi connectivity index (χ0) is 19.5. The van der Waals surface area contributed by atoms with E-state index in [1.807, 2.05) is 61.5 Å². The molecular weight excluding hydrogens is 354 g/mol. The van der Waals surface area contributed by atoms with E-state index in [1.54, 1.807) is 7.11 Å². The number of rotatable bonds is 5. The molecule has 5 nitrogen and oxygen atoms in total. The molecule has 1 heterocycles. The van der Waals surface area contributed by atoms with Gasteiger partial charge in [0.15, 0.2) is 11.5 Å². The Balaban J connectivity index is 1.39. The number of carbonyl (C=O) groups is 1. The van der Waals surface area contributed by atoms with Gasteiger partial charge in [0, 0.05) is 0 Å². The average Bonchev–Trinajstić information content (AvgIpc) is 2.76. The lowest BCUT2D eigenvalue weighted by Gasteiger charge is -2.27. The zero-order valence-electron chi connectivity index (χ0n) is 16.0. The smallest absolute Gasteiger partial charge is 0.227 e. The molecule has 0 aliphatic carbocycles. The lowest BCUT2D eigenvalue weighted by Crippen LogP contribution is -2.41. The predicted octanol–water partition coefficient (Wildman–Crippen LogP) is 3.91. The van der Waals surface area contributed by atoms with Crippen LogP contribution in [0.1, 0.15) is 18.4 Å². The molecule has 1 amide bonds. The van der Waals surface area contributed by atoms with Gasteiger partial charge in [-0.1, -0.05) is 36.4 Å². The van der Waals surface area contributed by atoms with E-state index < -0.39 is 0 Å². The Morgan fingerprint density at radius 2 is 1.86 bits per heavy atom. The van der Waals surface area contributed by atoms with Crippen molar-refractivity contribution in [3.05, 3.63) is 66.2 Å². The summed E-state index contributed by atoms with van der Waals surface area (Å²) in [6.07, 6.45) is -0.199. The van der Waals surface area contributed by atoms with Crippen LogP contribution in [0.25, 0.3) is 10.8 Å². The van der Waals surface area contributed by atoms with Crippen molar-refractivity contribution < 1.29 is 19.0 Å². The van der Waals surface area contributed by atoms with Gasteiger partial charge in [0.05, 0.1) is 19.6 Å². The first-order valence-electron chi connectivity index (χ1n) is 9.38. The monoisotopic (exact) mass is 377 g/mol. The van der Waals surface area contributed by atoms with Gasteiger partial charge in [-0.15, -0.1) is 0 Å². The fourth-order valence-electron chi connectivity index (χ4n) is 3.32. The molecule has 0 radical (unpaired) electrons. The number of hydrogen-bond donors (Lipinski definition) is 1. The standard InChI is InChI=1S/C23H23NO4/c1-15(16-7-8-18-12-19(26-2)10-9-17(18)11-16)23(25)24-13-20-14-27-21-5-3-4-6-22(21)28-20/h3-12,15,20H,13-14H2,1-2H3,(H,24,25)/t15-,20-/m0/s1. The van der Waals surface area contributed by atoms with E-state index in [-0.39, 0.29) is 17.9 Å². The fraction of sp³-hybridized carbons (Fsp3) is 0.261. The second kappa shape index (κ2) is 7.80. The SMILES string of the molecule is COc1ccc2cc([C@H](C)C(=O)NC[C@H]3COc4ccccc4O3)ccc2c1. The van der Waals surface area contributed by atoms with Gasteiger partial charge in [0.25, 0.3) is 0 Å². The minimum absolute atomic E-state index is 0.0321. The highest BCUT2D eigenvalue weighted by atomic mass is 16.6. The van der Waals surface area contributed by atoms with Crippen molar-refractivity contribution in [2.24, 2.45) is 0 Å². The largest absolute Gasteiger partial charge is 0.497 e. The molecule has 0 fully saturated rings. The molecule has 3 aromatic carbocycles. The van der Waals surface area contributed by atoms with Gasteiger partial charge in [-0.3, -0.25) is 4.79 Å². The zero-order valence-corrected chi connectivity index (χ0v) is 16.0. The van der Waals surface area contributed by atoms with Gasteiger partial charge < -0.3 is 19.5 Å². The molecule has 0 bridgehead atoms. The van der Waals surface area contributed by atoms with E-state index >= 15 is 0 Å². The first-order valence-corrected chi connectivity index (χ1v) is 9.38. The van der Waals surface area contributed by atoms with Gasteiger partial charge in [-0.25, -0.2) is 0 Å². The minimum Gasteiger partial charge on any atom is -0.497 e. The normalized spacial score (nSPS) is 16.4. The van der Waals surface area contributed by atoms with Gasteiger partial charge in [0.2, 0.25) is 5.91 Å². The number of fused-ring (bicyclic) bond motifs is 2. The highest BCUT2D eigenvalue weighted by molar-refractivity contribution is 5.88. The molecule has 1 N–H and O–H groups in total. The van der Waals surface area contributed by atoms with Crippen molar-refractivity contribution >= 4 is 16.7 Å². The maximum Gasteiger partial charge on any atom is 0.227 e. The second-order valence-corrected chi connectivity index (χ2v) is 6.94. The maximum absolute atomic E-state index is 12.6. The van der Waals surface area contributed by atoms with E-state index in [9.17, 15) is 4.79 Å². The number of carbonyl (C=O) groups excluding carboxylic acids is 1. The number of benzene rings is 3. The van der Waals surface area contributed by atoms with Crippen LogP contribution in [0.3, 0.4) is 0 Å². The number of amides is 1. The molecule has 3 aromatic rings. The number of hydrogen-bond acceptors (Lipinski definition) is 4. The summed E-state index contributed by atoms with van der Waals surface area (Å²) in [5.41, 5.74) is 0.973. The van der Waals surface area contributed by atoms with Crippen molar-refractivity contribution in [3.63, 3.8) is 0 Å². The summed E-state index contributed by atoms with van der Waals surface area (Å²) in [6.45, 7) is 2.74. The van der Waals surface area contributed by atoms with E-state index in [4.69, 9.17) is 14.2 Å². The quantitative estimate of drug-likeness (QED) is 0.732. The molecule has 2 atom stereocenters. The molecule has 28 heavy (non-hydrogen) atoms. The molecule has 0 saturated carbocycles. The second-order valence-electron chi connectivity index (χ2n) is 6.94. The summed E-state index contributed by atoms with van der Waals surface area (Å²) in [4.78, 5) is 12.6. The summed E-state index contributed by atoms with van der Waals surface area (Å²) >= 11 is 0. The number of para-hydroxylation sites is 2. The third-order valence-electron chi connectivity index (χ3n) is 5.04. The highest BCUT2D eigenvalue weighted by Gasteiger charge is 2.22. The van der Waals surface area contributed by atoms with Crippen LogP contribution in [0, 0.1) is 0 Å². The minimum atomic E-state index is -0.261. The Morgan fingerprint density at radius 1 is 1.11 bits per heavy atom. The van der Waals surface area contributed by atoms with Gasteiger partial charge in [0.1, 0.15) is 18.5 Å². The third-order valence-corrected chi connectivity index (χ3v) is 5.04. The first-order chi connectivity index (χ1) is 13.6. The van der Waals surface area contributed by atoms with Gasteiger partial charge >= 0.3 is 0 Å². The van der Waals surface area contributed by atoms with E-state index in [2.05, 4.69) is 11.4 Å². The molecule has 4 rings (SSSR count). The van der Waals surface area contributed by atoms with Crippen LogP contribution in [0.4, 0.5) is 0 Å². The van der Waals surface area contributed by atoms with Crippen molar-refractivity contribution in [2.45, 2.75) is 18.9 Å². The van der Waals surface area contributed by atoms with Crippen LogP contribution >= 0.6 is 0 Å². The van der Waals surface area contributed by atoms with E-state index in [0.29, 0.717) is 18.9 Å². The van der Waals surface area contributed by atoms with Crippen molar-refractivity contribution in [1.82, 2.24) is 5.32 Å². The third kappa shape index (κ3) is 3.74. The van der Waals surface area contributed by atoms with Gasteiger partial charge in [-0.2, -0.15) is 0 Å². The number of ether oxygens (including phenoxy) is 3. The lowest BCUT2D eigenvalue weighted by atomic mass is 9.97. The molecule has 0 saturated heterocycles. The van der Waals surface area contributed by atoms with Crippen molar-refractivity contribution in [1.29, 1.82) is 0 Å². The summed E-state index contributed by atoms with van der Waals surface area (Å²) in [6, 6.07) is 19.5. The van der Waals surface area contributed by atoms with E-state index in [1.165, 1.54) is 0 Å². The molecule has 0 aromatic heterocycles. The molecule has 0 spiro atoms. The molecule has 1 aliphatic heterocycles. The Hall–Kier alpha value is -3.21. The van der Waals surface area contributed by atoms with Crippen LogP contribution in [0.5, 0.6) is 17.2 Å². The molecule has 1 aliphatic rings. The van der Waals surface area contributed by atoms with Crippen molar-refractivity contribution in [2.75, 3.05) is 20.3 Å². The topological polar surface area (TPSA) is 56.8 Å². The van der Waals surface area contributed by atoms with Crippen LogP contribution in [0.2, 0.25) is 0 Å². The number of nitrogens with one attached hydrogen (secondary N) is 1. The Bertz CT molecular complexity index is 1000. The van der Waals surface area contributed by atoms with Crippen LogP contribution in [-0.4, -0.2) is 32.3 Å². The van der Waals surface area contributed by atoms with Crippen LogP contribution in [-0.2, 0) is 4.79 Å². The van der Waals surface area contributed by atoms with Gasteiger partial charge in [-0.05, 0) is 47.5 Å².